The maximum absolute atomic E-state index is 12.8. The van der Waals surface area contributed by atoms with Crippen molar-refractivity contribution < 1.29 is 13.2 Å². The van der Waals surface area contributed by atoms with Gasteiger partial charge in [0.05, 0.1) is 34.9 Å². The number of carbonyl (C=O) groups excluding carboxylic acids is 1. The first-order chi connectivity index (χ1) is 10.9. The Bertz CT molecular complexity index is 825. The number of carbonyl (C=O) groups is 1. The largest absolute Gasteiger partial charge is 0.329 e. The molecule has 0 bridgehead atoms. The third kappa shape index (κ3) is 3.16. The molecule has 0 spiro atoms. The van der Waals surface area contributed by atoms with Gasteiger partial charge in [0.15, 0.2) is 9.84 Å². The van der Waals surface area contributed by atoms with E-state index in [4.69, 9.17) is 0 Å². The van der Waals surface area contributed by atoms with Crippen LogP contribution in [0.5, 0.6) is 0 Å². The molecule has 1 fully saturated rings. The minimum absolute atomic E-state index is 0.00495. The van der Waals surface area contributed by atoms with Crippen molar-refractivity contribution >= 4 is 27.1 Å². The van der Waals surface area contributed by atoms with Crippen molar-refractivity contribution in [2.75, 3.05) is 18.1 Å². The lowest BCUT2D eigenvalue weighted by Crippen LogP contribution is -2.46. The molecule has 3 heterocycles. The third-order valence-electron chi connectivity index (χ3n) is 3.99. The molecule has 1 aliphatic heterocycles. The van der Waals surface area contributed by atoms with Crippen molar-refractivity contribution in [1.82, 2.24) is 19.7 Å². The highest BCUT2D eigenvalue weighted by molar-refractivity contribution is 7.91. The van der Waals surface area contributed by atoms with Gasteiger partial charge in [0.2, 0.25) is 0 Å². The molecule has 124 valence electrons. The van der Waals surface area contributed by atoms with Gasteiger partial charge in [0, 0.05) is 24.8 Å². The summed E-state index contributed by atoms with van der Waals surface area (Å²) >= 11 is 1.29. The normalized spacial score (nSPS) is 20.6. The van der Waals surface area contributed by atoms with Gasteiger partial charge in [0.25, 0.3) is 5.91 Å². The quantitative estimate of drug-likeness (QED) is 0.829. The molecule has 7 nitrogen and oxygen atoms in total. The van der Waals surface area contributed by atoms with E-state index < -0.39 is 15.9 Å². The maximum atomic E-state index is 12.8. The summed E-state index contributed by atoms with van der Waals surface area (Å²) in [5.74, 6) is -0.227. The van der Waals surface area contributed by atoms with Gasteiger partial charge >= 0.3 is 0 Å². The predicted molar refractivity (Wildman–Crippen MR) is 87.2 cm³/mol. The molecule has 1 saturated heterocycles. The van der Waals surface area contributed by atoms with Gasteiger partial charge in [-0.25, -0.2) is 13.4 Å². The van der Waals surface area contributed by atoms with Gasteiger partial charge in [-0.15, -0.1) is 11.3 Å². The molecule has 1 atom stereocenters. The molecule has 1 aliphatic rings. The number of sulfone groups is 1. The Morgan fingerprint density at radius 1 is 1.48 bits per heavy atom. The fourth-order valence-electron chi connectivity index (χ4n) is 2.69. The zero-order chi connectivity index (χ0) is 16.6. The smallest absolute Gasteiger partial charge is 0.266 e. The van der Waals surface area contributed by atoms with E-state index in [9.17, 15) is 13.2 Å². The Kier molecular flexibility index (Phi) is 4.24. The highest BCUT2D eigenvalue weighted by Crippen LogP contribution is 2.29. The van der Waals surface area contributed by atoms with E-state index in [1.165, 1.54) is 11.3 Å². The van der Waals surface area contributed by atoms with Gasteiger partial charge in [-0.1, -0.05) is 0 Å². The standard InChI is InChI=1S/C14H18N4O3S2/c1-3-17-7-11(6-16-17)12-8-23(20,21)5-4-18(12)14(19)13-10(2)15-9-22-13/h6-7,9,12H,3-5,8H2,1-2H3/t12-/m1/s1. The highest BCUT2D eigenvalue weighted by atomic mass is 32.2. The van der Waals surface area contributed by atoms with Crippen molar-refractivity contribution in [2.45, 2.75) is 26.4 Å². The lowest BCUT2D eigenvalue weighted by Gasteiger charge is -2.34. The SMILES string of the molecule is CCn1cc([C@H]2CS(=O)(=O)CCN2C(=O)c2scnc2C)cn1. The summed E-state index contributed by atoms with van der Waals surface area (Å²) in [7, 11) is -3.17. The van der Waals surface area contributed by atoms with E-state index in [1.807, 2.05) is 13.1 Å². The van der Waals surface area contributed by atoms with E-state index in [0.29, 0.717) is 17.1 Å². The second kappa shape index (κ2) is 6.04. The molecule has 0 aromatic carbocycles. The Morgan fingerprint density at radius 3 is 2.87 bits per heavy atom. The summed E-state index contributed by atoms with van der Waals surface area (Å²) in [6.07, 6.45) is 3.46. The molecule has 3 rings (SSSR count). The summed E-state index contributed by atoms with van der Waals surface area (Å²) in [6.45, 7) is 4.63. The number of hydrogen-bond donors (Lipinski definition) is 0. The minimum atomic E-state index is -3.17. The van der Waals surface area contributed by atoms with Crippen LogP contribution in [0.4, 0.5) is 0 Å². The molecular formula is C14H18N4O3S2. The number of nitrogens with zero attached hydrogens (tertiary/aromatic N) is 4. The molecule has 9 heteroatoms. The molecule has 0 unspecified atom stereocenters. The van der Waals surface area contributed by atoms with E-state index in [-0.39, 0.29) is 24.0 Å². The lowest BCUT2D eigenvalue weighted by atomic mass is 10.1. The molecule has 0 N–H and O–H groups in total. The van der Waals surface area contributed by atoms with Crippen LogP contribution in [0.2, 0.25) is 0 Å². The second-order valence-electron chi connectivity index (χ2n) is 5.52. The fraction of sp³-hybridized carbons (Fsp3) is 0.500. The number of hydrogen-bond acceptors (Lipinski definition) is 6. The first-order valence-electron chi connectivity index (χ1n) is 7.35. The van der Waals surface area contributed by atoms with Crippen molar-refractivity contribution in [3.05, 3.63) is 34.0 Å². The minimum Gasteiger partial charge on any atom is -0.329 e. The van der Waals surface area contributed by atoms with Crippen molar-refractivity contribution in [1.29, 1.82) is 0 Å². The predicted octanol–water partition coefficient (Wildman–Crippen LogP) is 1.28. The Morgan fingerprint density at radius 2 is 2.26 bits per heavy atom. The molecule has 0 radical (unpaired) electrons. The number of thiazole rings is 1. The monoisotopic (exact) mass is 354 g/mol. The molecule has 2 aromatic heterocycles. The summed E-state index contributed by atoms with van der Waals surface area (Å²) < 4.78 is 25.8. The van der Waals surface area contributed by atoms with E-state index in [0.717, 1.165) is 5.56 Å². The molecule has 2 aromatic rings. The highest BCUT2D eigenvalue weighted by Gasteiger charge is 2.37. The van der Waals surface area contributed by atoms with Crippen LogP contribution in [0.1, 0.15) is 33.9 Å². The van der Waals surface area contributed by atoms with Crippen molar-refractivity contribution in [2.24, 2.45) is 0 Å². The van der Waals surface area contributed by atoms with E-state index in [1.54, 1.807) is 28.2 Å². The molecule has 1 amide bonds. The van der Waals surface area contributed by atoms with E-state index >= 15 is 0 Å². The molecule has 0 saturated carbocycles. The zero-order valence-corrected chi connectivity index (χ0v) is 14.6. The van der Waals surface area contributed by atoms with Crippen LogP contribution < -0.4 is 0 Å². The Labute approximate surface area is 138 Å². The van der Waals surface area contributed by atoms with Crippen LogP contribution in [-0.2, 0) is 16.4 Å². The summed E-state index contributed by atoms with van der Waals surface area (Å²) in [4.78, 5) is 19.1. The third-order valence-corrected chi connectivity index (χ3v) is 6.54. The number of aromatic nitrogens is 3. The number of rotatable bonds is 3. The molecule has 23 heavy (non-hydrogen) atoms. The average Bonchev–Trinajstić information content (AvgIpc) is 3.14. The topological polar surface area (TPSA) is 85.2 Å². The average molecular weight is 354 g/mol. The number of aryl methyl sites for hydroxylation is 2. The second-order valence-corrected chi connectivity index (χ2v) is 8.61. The summed E-state index contributed by atoms with van der Waals surface area (Å²) in [6, 6.07) is -0.497. The van der Waals surface area contributed by atoms with Crippen molar-refractivity contribution in [3.8, 4) is 0 Å². The van der Waals surface area contributed by atoms with E-state index in [2.05, 4.69) is 10.1 Å². The van der Waals surface area contributed by atoms with Gasteiger partial charge < -0.3 is 4.90 Å². The number of amides is 1. The first-order valence-corrected chi connectivity index (χ1v) is 10.0. The molecule has 0 aliphatic carbocycles. The Hall–Kier alpha value is -1.74. The maximum Gasteiger partial charge on any atom is 0.266 e. The van der Waals surface area contributed by atoms with Crippen LogP contribution in [0.15, 0.2) is 17.9 Å². The van der Waals surface area contributed by atoms with Crippen LogP contribution in [0, 0.1) is 6.92 Å². The van der Waals surface area contributed by atoms with Gasteiger partial charge in [0.1, 0.15) is 4.88 Å². The van der Waals surface area contributed by atoms with Crippen LogP contribution in [0.25, 0.3) is 0 Å². The van der Waals surface area contributed by atoms with Crippen LogP contribution >= 0.6 is 11.3 Å². The van der Waals surface area contributed by atoms with Crippen LogP contribution in [-0.4, -0.2) is 52.0 Å². The summed E-state index contributed by atoms with van der Waals surface area (Å²) in [5.41, 5.74) is 3.06. The Balaban J connectivity index is 1.96. The van der Waals surface area contributed by atoms with Gasteiger partial charge in [-0.05, 0) is 13.8 Å². The van der Waals surface area contributed by atoms with Gasteiger partial charge in [-0.3, -0.25) is 9.48 Å². The molecular weight excluding hydrogens is 336 g/mol. The zero-order valence-electron chi connectivity index (χ0n) is 13.0. The van der Waals surface area contributed by atoms with Crippen LogP contribution in [0.3, 0.4) is 0 Å². The lowest BCUT2D eigenvalue weighted by molar-refractivity contribution is 0.0701. The fourth-order valence-corrected chi connectivity index (χ4v) is 4.94. The summed E-state index contributed by atoms with van der Waals surface area (Å²) in [5, 5.41) is 4.21. The first kappa shape index (κ1) is 16.1. The van der Waals surface area contributed by atoms with Crippen molar-refractivity contribution in [3.63, 3.8) is 0 Å². The van der Waals surface area contributed by atoms with Gasteiger partial charge in [-0.2, -0.15) is 5.10 Å².